The van der Waals surface area contributed by atoms with E-state index < -0.39 is 0 Å². The predicted octanol–water partition coefficient (Wildman–Crippen LogP) is 2.48. The maximum atomic E-state index is 3.85. The molecule has 0 saturated carbocycles. The summed E-state index contributed by atoms with van der Waals surface area (Å²) in [7, 11) is 0. The first kappa shape index (κ1) is 10.2. The summed E-state index contributed by atoms with van der Waals surface area (Å²) in [6, 6.07) is 0.575. The Hall–Kier alpha value is -0.290. The number of anilines is 1. The zero-order chi connectivity index (χ0) is 10.0. The largest absolute Gasteiger partial charge is 0.371 e. The van der Waals surface area contributed by atoms with Crippen molar-refractivity contribution in [2.45, 2.75) is 26.3 Å². The average molecular weight is 229 g/mol. The summed E-state index contributed by atoms with van der Waals surface area (Å²) in [6.07, 6.45) is 3.04. The number of rotatable bonds is 2. The van der Waals surface area contributed by atoms with Gasteiger partial charge in [0.1, 0.15) is 5.00 Å². The van der Waals surface area contributed by atoms with Gasteiger partial charge >= 0.3 is 0 Å². The molecule has 0 aliphatic carbocycles. The summed E-state index contributed by atoms with van der Waals surface area (Å²) >= 11 is 3.47. The molecule has 14 heavy (non-hydrogen) atoms. The first-order chi connectivity index (χ1) is 6.66. The van der Waals surface area contributed by atoms with Gasteiger partial charge in [-0.05, 0) is 17.6 Å². The number of aromatic nitrogens is 2. The summed E-state index contributed by atoms with van der Waals surface area (Å²) in [4.78, 5) is 0. The fraction of sp³-hybridized carbons (Fsp3) is 0.778. The van der Waals surface area contributed by atoms with Crippen LogP contribution in [0.5, 0.6) is 0 Å². The van der Waals surface area contributed by atoms with E-state index in [9.17, 15) is 0 Å². The maximum Gasteiger partial charge on any atom is 0.130 e. The number of nitrogens with zero attached hydrogens (tertiary/aromatic N) is 2. The summed E-state index contributed by atoms with van der Waals surface area (Å²) in [5.74, 6) is 2.47. The van der Waals surface area contributed by atoms with Gasteiger partial charge in [-0.1, -0.05) is 18.3 Å². The molecular formula is C9H15N3S2. The summed E-state index contributed by atoms with van der Waals surface area (Å²) < 4.78 is 3.85. The van der Waals surface area contributed by atoms with Crippen molar-refractivity contribution in [3.8, 4) is 0 Å². The maximum absolute atomic E-state index is 3.85. The van der Waals surface area contributed by atoms with Gasteiger partial charge in [-0.3, -0.25) is 0 Å². The molecule has 0 radical (unpaired) electrons. The minimum atomic E-state index is 0.457. The van der Waals surface area contributed by atoms with Gasteiger partial charge in [-0.2, -0.15) is 11.8 Å². The van der Waals surface area contributed by atoms with Gasteiger partial charge in [0, 0.05) is 23.3 Å². The second-order valence-corrected chi connectivity index (χ2v) is 6.32. The third-order valence-corrected chi connectivity index (χ3v) is 4.54. The Morgan fingerprint density at radius 3 is 3.07 bits per heavy atom. The molecule has 1 saturated heterocycles. The Morgan fingerprint density at radius 2 is 2.43 bits per heavy atom. The van der Waals surface area contributed by atoms with Crippen molar-refractivity contribution in [3.63, 3.8) is 0 Å². The van der Waals surface area contributed by atoms with Crippen LogP contribution < -0.4 is 5.32 Å². The monoisotopic (exact) mass is 229 g/mol. The van der Waals surface area contributed by atoms with E-state index in [4.69, 9.17) is 0 Å². The summed E-state index contributed by atoms with van der Waals surface area (Å²) in [5.41, 5.74) is 0.457. The molecule has 2 rings (SSSR count). The quantitative estimate of drug-likeness (QED) is 0.845. The van der Waals surface area contributed by atoms with Crippen molar-refractivity contribution in [1.82, 2.24) is 9.59 Å². The first-order valence-corrected chi connectivity index (χ1v) is 6.70. The summed E-state index contributed by atoms with van der Waals surface area (Å²) in [6.45, 7) is 4.66. The van der Waals surface area contributed by atoms with Crippen LogP contribution in [0, 0.1) is 5.41 Å². The highest BCUT2D eigenvalue weighted by atomic mass is 32.2. The summed E-state index contributed by atoms with van der Waals surface area (Å²) in [5, 5.41) is 8.40. The van der Waals surface area contributed by atoms with E-state index in [1.54, 1.807) is 6.20 Å². The van der Waals surface area contributed by atoms with Gasteiger partial charge < -0.3 is 5.32 Å². The third-order valence-electron chi connectivity index (χ3n) is 2.32. The minimum absolute atomic E-state index is 0.457. The van der Waals surface area contributed by atoms with Crippen LogP contribution in [0.25, 0.3) is 0 Å². The van der Waals surface area contributed by atoms with E-state index in [0.29, 0.717) is 11.5 Å². The van der Waals surface area contributed by atoms with E-state index in [-0.39, 0.29) is 0 Å². The molecule has 0 spiro atoms. The van der Waals surface area contributed by atoms with Gasteiger partial charge in [0.05, 0.1) is 6.20 Å². The lowest BCUT2D eigenvalue weighted by atomic mass is 9.88. The van der Waals surface area contributed by atoms with Gasteiger partial charge in [0.25, 0.3) is 0 Å². The average Bonchev–Trinajstić information content (AvgIpc) is 2.54. The van der Waals surface area contributed by atoms with Crippen molar-refractivity contribution in [2.75, 3.05) is 16.8 Å². The Kier molecular flexibility index (Phi) is 2.97. The fourth-order valence-corrected chi connectivity index (χ4v) is 3.56. The molecule has 78 valence electrons. The van der Waals surface area contributed by atoms with E-state index >= 15 is 0 Å². The lowest BCUT2D eigenvalue weighted by molar-refractivity contribution is 0.358. The highest BCUT2D eigenvalue weighted by molar-refractivity contribution is 7.99. The number of nitrogens with one attached hydrogen (secondary N) is 1. The van der Waals surface area contributed by atoms with Crippen LogP contribution in [0.4, 0.5) is 5.00 Å². The van der Waals surface area contributed by atoms with Gasteiger partial charge in [-0.15, -0.1) is 5.10 Å². The Morgan fingerprint density at radius 1 is 1.57 bits per heavy atom. The minimum Gasteiger partial charge on any atom is -0.371 e. The normalized spacial score (nSPS) is 26.0. The molecule has 0 bridgehead atoms. The van der Waals surface area contributed by atoms with Crippen LogP contribution in [0.15, 0.2) is 6.20 Å². The molecule has 1 aliphatic rings. The van der Waals surface area contributed by atoms with Crippen molar-refractivity contribution < 1.29 is 0 Å². The zero-order valence-electron chi connectivity index (χ0n) is 8.49. The molecule has 1 unspecified atom stereocenters. The number of thioether (sulfide) groups is 1. The van der Waals surface area contributed by atoms with Crippen molar-refractivity contribution >= 4 is 28.3 Å². The lowest BCUT2D eigenvalue weighted by Gasteiger charge is -2.35. The first-order valence-electron chi connectivity index (χ1n) is 4.77. The molecule has 5 heteroatoms. The Bertz CT molecular complexity index is 284. The zero-order valence-corrected chi connectivity index (χ0v) is 10.1. The van der Waals surface area contributed by atoms with Crippen molar-refractivity contribution in [1.29, 1.82) is 0 Å². The van der Waals surface area contributed by atoms with Crippen LogP contribution in [-0.4, -0.2) is 27.1 Å². The van der Waals surface area contributed by atoms with Crippen LogP contribution in [-0.2, 0) is 0 Å². The Balaban J connectivity index is 1.92. The number of hydrogen-bond acceptors (Lipinski definition) is 5. The van der Waals surface area contributed by atoms with Crippen LogP contribution in [0.1, 0.15) is 20.3 Å². The van der Waals surface area contributed by atoms with Gasteiger partial charge in [0.15, 0.2) is 0 Å². The van der Waals surface area contributed by atoms with Gasteiger partial charge in [0.2, 0.25) is 0 Å². The van der Waals surface area contributed by atoms with Crippen LogP contribution in [0.3, 0.4) is 0 Å². The molecule has 3 nitrogen and oxygen atoms in total. The van der Waals surface area contributed by atoms with Crippen LogP contribution in [0.2, 0.25) is 0 Å². The molecule has 1 aromatic heterocycles. The highest BCUT2D eigenvalue weighted by Gasteiger charge is 2.28. The molecule has 0 aromatic carbocycles. The van der Waals surface area contributed by atoms with E-state index in [2.05, 4.69) is 28.8 Å². The third kappa shape index (κ3) is 2.60. The molecular weight excluding hydrogens is 214 g/mol. The van der Waals surface area contributed by atoms with Crippen molar-refractivity contribution in [2.24, 2.45) is 5.41 Å². The number of hydrogen-bond donors (Lipinski definition) is 1. The van der Waals surface area contributed by atoms with E-state index in [1.165, 1.54) is 29.5 Å². The molecule has 0 amide bonds. The lowest BCUT2D eigenvalue weighted by Crippen LogP contribution is -2.35. The second kappa shape index (κ2) is 4.06. The standard InChI is InChI=1S/C9H15N3S2/c1-9(2)3-7(5-13-6-9)11-8-4-10-12-14-8/h4,7,11H,3,5-6H2,1-2H3. The highest BCUT2D eigenvalue weighted by Crippen LogP contribution is 2.34. The van der Waals surface area contributed by atoms with E-state index in [0.717, 1.165) is 5.00 Å². The van der Waals surface area contributed by atoms with Crippen molar-refractivity contribution in [3.05, 3.63) is 6.20 Å². The topological polar surface area (TPSA) is 37.8 Å². The van der Waals surface area contributed by atoms with E-state index in [1.807, 2.05) is 11.8 Å². The SMILES string of the molecule is CC1(C)CSCC(Nc2cnns2)C1. The molecule has 2 heterocycles. The van der Waals surface area contributed by atoms with Crippen LogP contribution >= 0.6 is 23.3 Å². The second-order valence-electron chi connectivity index (χ2n) is 4.51. The Labute approximate surface area is 92.8 Å². The molecule has 1 atom stereocenters. The fourth-order valence-electron chi connectivity index (χ4n) is 1.79. The molecule has 1 aromatic rings. The molecule has 1 fully saturated rings. The molecule has 1 N–H and O–H groups in total. The van der Waals surface area contributed by atoms with Gasteiger partial charge in [-0.25, -0.2) is 0 Å². The smallest absolute Gasteiger partial charge is 0.130 e. The predicted molar refractivity (Wildman–Crippen MR) is 63.0 cm³/mol. The molecule has 1 aliphatic heterocycles.